The molecule has 138 valence electrons. The first-order chi connectivity index (χ1) is 13.3. The van der Waals surface area contributed by atoms with Gasteiger partial charge in [-0.15, -0.1) is 0 Å². The summed E-state index contributed by atoms with van der Waals surface area (Å²) in [6.45, 7) is 1.47. The summed E-state index contributed by atoms with van der Waals surface area (Å²) in [4.78, 5) is 15.7. The highest BCUT2D eigenvalue weighted by Gasteiger charge is 2.11. The predicted molar refractivity (Wildman–Crippen MR) is 109 cm³/mol. The van der Waals surface area contributed by atoms with Gasteiger partial charge in [0.05, 0.1) is 12.3 Å². The smallest absolute Gasteiger partial charge is 0.224 e. The molecule has 0 aliphatic carbocycles. The molecule has 5 heteroatoms. The predicted octanol–water partition coefficient (Wildman–Crippen LogP) is 4.34. The Balaban J connectivity index is 1.48. The van der Waals surface area contributed by atoms with Gasteiger partial charge in [-0.3, -0.25) is 4.79 Å². The first kappa shape index (κ1) is 17.4. The van der Waals surface area contributed by atoms with Crippen molar-refractivity contribution in [2.75, 3.05) is 19.0 Å². The van der Waals surface area contributed by atoms with Gasteiger partial charge in [-0.1, -0.05) is 24.3 Å². The molecule has 0 atom stereocenters. The van der Waals surface area contributed by atoms with Crippen molar-refractivity contribution in [1.29, 1.82) is 0 Å². The van der Waals surface area contributed by atoms with Crippen LogP contribution < -0.4 is 5.32 Å². The fourth-order valence-electron chi connectivity index (χ4n) is 3.55. The maximum atomic E-state index is 12.5. The molecular formula is C22H23N3O2. The molecule has 2 aromatic heterocycles. The first-order valence-electron chi connectivity index (χ1n) is 9.18. The van der Waals surface area contributed by atoms with Crippen molar-refractivity contribution in [2.45, 2.75) is 19.4 Å². The normalized spacial score (nSPS) is 11.3. The van der Waals surface area contributed by atoms with E-state index in [9.17, 15) is 4.79 Å². The topological polar surface area (TPSA) is 59.0 Å². The summed E-state index contributed by atoms with van der Waals surface area (Å²) in [7, 11) is 1.71. The summed E-state index contributed by atoms with van der Waals surface area (Å²) < 4.78 is 7.41. The molecule has 0 saturated carbocycles. The van der Waals surface area contributed by atoms with Crippen molar-refractivity contribution < 1.29 is 9.53 Å². The van der Waals surface area contributed by atoms with Crippen LogP contribution in [0.25, 0.3) is 21.8 Å². The van der Waals surface area contributed by atoms with Crippen LogP contribution in [0.4, 0.5) is 5.69 Å². The van der Waals surface area contributed by atoms with Crippen LogP contribution in [-0.2, 0) is 22.5 Å². The second kappa shape index (κ2) is 7.68. The standard InChI is InChI=1S/C22H23N3O2/c1-27-14-13-25-15-16(17-5-2-3-8-21(17)25)9-10-22(26)24-20-7-4-6-19-18(20)11-12-23-19/h2-8,11-12,15,23H,9-10,13-14H2,1H3,(H,24,26). The highest BCUT2D eigenvalue weighted by Crippen LogP contribution is 2.24. The molecule has 0 spiro atoms. The lowest BCUT2D eigenvalue weighted by Crippen LogP contribution is -2.12. The number of carbonyl (C=O) groups is 1. The molecule has 0 radical (unpaired) electrons. The van der Waals surface area contributed by atoms with E-state index >= 15 is 0 Å². The van der Waals surface area contributed by atoms with E-state index in [4.69, 9.17) is 4.74 Å². The van der Waals surface area contributed by atoms with Crippen molar-refractivity contribution in [3.05, 3.63) is 66.5 Å². The largest absolute Gasteiger partial charge is 0.383 e. The van der Waals surface area contributed by atoms with E-state index in [1.807, 2.05) is 42.6 Å². The van der Waals surface area contributed by atoms with Crippen molar-refractivity contribution in [2.24, 2.45) is 0 Å². The van der Waals surface area contributed by atoms with Gasteiger partial charge in [0.25, 0.3) is 0 Å². The van der Waals surface area contributed by atoms with Crippen LogP contribution in [0.5, 0.6) is 0 Å². The number of aromatic nitrogens is 2. The second-order valence-electron chi connectivity index (χ2n) is 6.65. The van der Waals surface area contributed by atoms with Crippen molar-refractivity contribution in [3.63, 3.8) is 0 Å². The zero-order chi connectivity index (χ0) is 18.6. The molecule has 0 aliphatic heterocycles. The average Bonchev–Trinajstić information content (AvgIpc) is 3.30. The molecular weight excluding hydrogens is 338 g/mol. The van der Waals surface area contributed by atoms with Gasteiger partial charge in [0.1, 0.15) is 0 Å². The van der Waals surface area contributed by atoms with E-state index in [0.717, 1.165) is 23.1 Å². The third-order valence-corrected chi connectivity index (χ3v) is 4.90. The SMILES string of the molecule is COCCn1cc(CCC(=O)Nc2cccc3[nH]ccc23)c2ccccc21. The summed E-state index contributed by atoms with van der Waals surface area (Å²) >= 11 is 0. The number of H-pyrrole nitrogens is 1. The van der Waals surface area contributed by atoms with E-state index in [1.165, 1.54) is 16.5 Å². The molecule has 2 N–H and O–H groups in total. The van der Waals surface area contributed by atoms with Crippen LogP contribution in [0.3, 0.4) is 0 Å². The number of ether oxygens (including phenoxy) is 1. The van der Waals surface area contributed by atoms with Gasteiger partial charge in [0, 0.05) is 54.3 Å². The maximum Gasteiger partial charge on any atom is 0.224 e. The van der Waals surface area contributed by atoms with Crippen LogP contribution in [-0.4, -0.2) is 29.2 Å². The fraction of sp³-hybridized carbons (Fsp3) is 0.227. The molecule has 5 nitrogen and oxygen atoms in total. The van der Waals surface area contributed by atoms with Crippen LogP contribution in [0, 0.1) is 0 Å². The van der Waals surface area contributed by atoms with Crippen molar-refractivity contribution in [3.8, 4) is 0 Å². The van der Waals surface area contributed by atoms with Gasteiger partial charge in [0.2, 0.25) is 5.91 Å². The number of fused-ring (bicyclic) bond motifs is 2. The summed E-state index contributed by atoms with van der Waals surface area (Å²) in [5.74, 6) is 0.0254. The first-order valence-corrected chi connectivity index (χ1v) is 9.18. The summed E-state index contributed by atoms with van der Waals surface area (Å²) in [5, 5.41) is 5.28. The molecule has 2 aromatic carbocycles. The number of hydrogen-bond donors (Lipinski definition) is 2. The minimum atomic E-state index is 0.0254. The zero-order valence-electron chi connectivity index (χ0n) is 15.4. The number of carbonyl (C=O) groups excluding carboxylic acids is 1. The van der Waals surface area contributed by atoms with Gasteiger partial charge in [-0.25, -0.2) is 0 Å². The van der Waals surface area contributed by atoms with E-state index < -0.39 is 0 Å². The number of methoxy groups -OCH3 is 1. The number of aromatic amines is 1. The number of amides is 1. The van der Waals surface area contributed by atoms with Crippen molar-refractivity contribution in [1.82, 2.24) is 9.55 Å². The zero-order valence-corrected chi connectivity index (χ0v) is 15.4. The van der Waals surface area contributed by atoms with Gasteiger partial charge in [0.15, 0.2) is 0 Å². The average molecular weight is 361 g/mol. The number of nitrogens with zero attached hydrogens (tertiary/aromatic N) is 1. The molecule has 4 aromatic rings. The highest BCUT2D eigenvalue weighted by molar-refractivity contribution is 6.01. The number of hydrogen-bond acceptors (Lipinski definition) is 2. The highest BCUT2D eigenvalue weighted by atomic mass is 16.5. The van der Waals surface area contributed by atoms with Gasteiger partial charge in [-0.05, 0) is 36.2 Å². The number of anilines is 1. The van der Waals surface area contributed by atoms with E-state index in [-0.39, 0.29) is 5.91 Å². The molecule has 0 bridgehead atoms. The van der Waals surface area contributed by atoms with E-state index in [0.29, 0.717) is 19.4 Å². The minimum Gasteiger partial charge on any atom is -0.383 e. The lowest BCUT2D eigenvalue weighted by Gasteiger charge is -2.06. The molecule has 0 unspecified atom stereocenters. The molecule has 27 heavy (non-hydrogen) atoms. The van der Waals surface area contributed by atoms with Crippen LogP contribution in [0.1, 0.15) is 12.0 Å². The Morgan fingerprint density at radius 1 is 1.11 bits per heavy atom. The number of aryl methyl sites for hydroxylation is 1. The Morgan fingerprint density at radius 3 is 2.89 bits per heavy atom. The Bertz CT molecular complexity index is 1080. The Hall–Kier alpha value is -3.05. The Labute approximate surface area is 157 Å². The third-order valence-electron chi connectivity index (χ3n) is 4.90. The van der Waals surface area contributed by atoms with Crippen molar-refractivity contribution >= 4 is 33.4 Å². The molecule has 1 amide bonds. The summed E-state index contributed by atoms with van der Waals surface area (Å²) in [6.07, 6.45) is 5.17. The van der Waals surface area contributed by atoms with Crippen LogP contribution >= 0.6 is 0 Å². The third kappa shape index (κ3) is 3.59. The number of para-hydroxylation sites is 1. The van der Waals surface area contributed by atoms with Crippen LogP contribution in [0.2, 0.25) is 0 Å². The van der Waals surface area contributed by atoms with Gasteiger partial charge in [-0.2, -0.15) is 0 Å². The van der Waals surface area contributed by atoms with E-state index in [1.54, 1.807) is 7.11 Å². The number of rotatable bonds is 7. The molecule has 2 heterocycles. The lowest BCUT2D eigenvalue weighted by molar-refractivity contribution is -0.116. The summed E-state index contributed by atoms with van der Waals surface area (Å²) in [5.41, 5.74) is 4.24. The summed E-state index contributed by atoms with van der Waals surface area (Å²) in [6, 6.07) is 16.2. The van der Waals surface area contributed by atoms with Gasteiger partial charge >= 0.3 is 0 Å². The van der Waals surface area contributed by atoms with E-state index in [2.05, 4.69) is 33.2 Å². The molecule has 0 fully saturated rings. The lowest BCUT2D eigenvalue weighted by atomic mass is 10.1. The minimum absolute atomic E-state index is 0.0254. The Morgan fingerprint density at radius 2 is 2.00 bits per heavy atom. The monoisotopic (exact) mass is 361 g/mol. The maximum absolute atomic E-state index is 12.5. The number of nitrogens with one attached hydrogen (secondary N) is 2. The fourth-order valence-corrected chi connectivity index (χ4v) is 3.55. The second-order valence-corrected chi connectivity index (χ2v) is 6.65. The number of benzene rings is 2. The van der Waals surface area contributed by atoms with Crippen LogP contribution in [0.15, 0.2) is 60.9 Å². The molecule has 0 aliphatic rings. The van der Waals surface area contributed by atoms with Gasteiger partial charge < -0.3 is 19.6 Å². The Kier molecular flexibility index (Phi) is 4.94. The molecule has 4 rings (SSSR count). The quantitative estimate of drug-likeness (QED) is 0.514. The molecule has 0 saturated heterocycles.